The molecule has 0 unspecified atom stereocenters. The van der Waals surface area contributed by atoms with Gasteiger partial charge >= 0.3 is 0 Å². The highest BCUT2D eigenvalue weighted by atomic mass is 16.3. The van der Waals surface area contributed by atoms with Crippen molar-refractivity contribution in [3.63, 3.8) is 0 Å². The Bertz CT molecular complexity index is 447. The Hall–Kier alpha value is -1.60. The predicted octanol–water partition coefficient (Wildman–Crippen LogP) is 1.94. The summed E-state index contributed by atoms with van der Waals surface area (Å²) < 4.78 is 0. The topological polar surface area (TPSA) is 60.1 Å². The molecule has 0 radical (unpaired) electrons. The molecule has 0 bridgehead atoms. The number of aliphatic hydroxyl groups excluding tert-OH is 1. The fraction of sp³-hybridized carbons (Fsp3) is 0.571. The van der Waals surface area contributed by atoms with Crippen molar-refractivity contribution < 1.29 is 5.11 Å². The van der Waals surface area contributed by atoms with E-state index in [4.69, 9.17) is 5.26 Å². The number of pyridine rings is 1. The minimum absolute atomic E-state index is 0.0130. The second kappa shape index (κ2) is 5.36. The first-order valence-corrected chi connectivity index (χ1v) is 6.38. The molecule has 96 valence electrons. The molecule has 0 spiro atoms. The zero-order valence-corrected chi connectivity index (χ0v) is 10.8. The molecular formula is C14H19N3O. The number of rotatable bonds is 4. The molecule has 1 aliphatic carbocycles. The van der Waals surface area contributed by atoms with Gasteiger partial charge in [0.15, 0.2) is 0 Å². The van der Waals surface area contributed by atoms with Gasteiger partial charge in [0.05, 0.1) is 6.61 Å². The second-order valence-electron chi connectivity index (χ2n) is 5.21. The van der Waals surface area contributed by atoms with Gasteiger partial charge in [0.1, 0.15) is 17.6 Å². The van der Waals surface area contributed by atoms with Crippen LogP contribution in [0.3, 0.4) is 0 Å². The van der Waals surface area contributed by atoms with E-state index in [0.717, 1.165) is 25.2 Å². The minimum atomic E-state index is 0.0130. The Morgan fingerprint density at radius 2 is 2.17 bits per heavy atom. The van der Waals surface area contributed by atoms with E-state index in [0.29, 0.717) is 5.69 Å². The number of hydrogen-bond donors (Lipinski definition) is 1. The zero-order chi connectivity index (χ0) is 13.0. The summed E-state index contributed by atoms with van der Waals surface area (Å²) >= 11 is 0. The van der Waals surface area contributed by atoms with Crippen LogP contribution in [-0.2, 0) is 0 Å². The Morgan fingerprint density at radius 3 is 2.78 bits per heavy atom. The highest BCUT2D eigenvalue weighted by Crippen LogP contribution is 2.38. The van der Waals surface area contributed by atoms with Crippen molar-refractivity contribution in [2.75, 3.05) is 25.1 Å². The molecular weight excluding hydrogens is 226 g/mol. The van der Waals surface area contributed by atoms with Crippen molar-refractivity contribution in [2.45, 2.75) is 25.7 Å². The number of nitriles is 1. The monoisotopic (exact) mass is 245 g/mol. The van der Waals surface area contributed by atoms with Crippen LogP contribution in [0.25, 0.3) is 0 Å². The molecule has 1 aliphatic rings. The lowest BCUT2D eigenvalue weighted by molar-refractivity contribution is 0.137. The van der Waals surface area contributed by atoms with Gasteiger partial charge in [-0.2, -0.15) is 5.26 Å². The van der Waals surface area contributed by atoms with Crippen molar-refractivity contribution in [1.82, 2.24) is 4.98 Å². The first-order valence-electron chi connectivity index (χ1n) is 6.38. The van der Waals surface area contributed by atoms with E-state index in [1.165, 1.54) is 12.8 Å². The van der Waals surface area contributed by atoms with E-state index in [9.17, 15) is 5.11 Å². The number of aromatic nitrogens is 1. The van der Waals surface area contributed by atoms with Crippen LogP contribution in [0.5, 0.6) is 0 Å². The Labute approximate surface area is 108 Å². The number of nitrogens with zero attached hydrogens (tertiary/aromatic N) is 3. The van der Waals surface area contributed by atoms with E-state index in [-0.39, 0.29) is 12.0 Å². The molecule has 1 N–H and O–H groups in total. The van der Waals surface area contributed by atoms with Gasteiger partial charge in [0.2, 0.25) is 0 Å². The lowest BCUT2D eigenvalue weighted by Gasteiger charge is -2.32. The Balaban J connectivity index is 2.11. The van der Waals surface area contributed by atoms with E-state index in [2.05, 4.69) is 11.1 Å². The maximum atomic E-state index is 9.61. The molecule has 1 aromatic heterocycles. The van der Waals surface area contributed by atoms with Crippen molar-refractivity contribution in [3.05, 3.63) is 23.9 Å². The summed E-state index contributed by atoms with van der Waals surface area (Å²) in [4.78, 5) is 6.33. The zero-order valence-electron chi connectivity index (χ0n) is 10.8. The average molecular weight is 245 g/mol. The summed E-state index contributed by atoms with van der Waals surface area (Å²) in [6.45, 7) is 1.03. The van der Waals surface area contributed by atoms with Gasteiger partial charge in [-0.1, -0.05) is 18.9 Å². The molecule has 18 heavy (non-hydrogen) atoms. The van der Waals surface area contributed by atoms with Crippen LogP contribution in [0.15, 0.2) is 18.2 Å². The van der Waals surface area contributed by atoms with Crippen LogP contribution in [0, 0.1) is 16.7 Å². The van der Waals surface area contributed by atoms with Crippen LogP contribution >= 0.6 is 0 Å². The van der Waals surface area contributed by atoms with Gasteiger partial charge in [0, 0.05) is 19.0 Å². The number of aliphatic hydroxyl groups is 1. The van der Waals surface area contributed by atoms with Gasteiger partial charge in [-0.05, 0) is 25.0 Å². The SMILES string of the molecule is CN(CC1(CO)CCCC1)c1cccc(C#N)n1. The molecule has 4 nitrogen and oxygen atoms in total. The van der Waals surface area contributed by atoms with E-state index >= 15 is 0 Å². The van der Waals surface area contributed by atoms with Gasteiger partial charge in [-0.25, -0.2) is 4.98 Å². The maximum absolute atomic E-state index is 9.61. The van der Waals surface area contributed by atoms with Crippen LogP contribution in [0.4, 0.5) is 5.82 Å². The van der Waals surface area contributed by atoms with Gasteiger partial charge in [-0.3, -0.25) is 0 Å². The Morgan fingerprint density at radius 1 is 1.44 bits per heavy atom. The van der Waals surface area contributed by atoms with E-state index in [1.807, 2.05) is 24.1 Å². The smallest absolute Gasteiger partial charge is 0.142 e. The predicted molar refractivity (Wildman–Crippen MR) is 70.2 cm³/mol. The van der Waals surface area contributed by atoms with Crippen molar-refractivity contribution in [2.24, 2.45) is 5.41 Å². The molecule has 0 aromatic carbocycles. The van der Waals surface area contributed by atoms with Gasteiger partial charge in [0.25, 0.3) is 0 Å². The fourth-order valence-electron chi connectivity index (χ4n) is 2.77. The van der Waals surface area contributed by atoms with Crippen molar-refractivity contribution in [3.8, 4) is 6.07 Å². The minimum Gasteiger partial charge on any atom is -0.396 e. The van der Waals surface area contributed by atoms with E-state index < -0.39 is 0 Å². The molecule has 1 heterocycles. The highest BCUT2D eigenvalue weighted by molar-refractivity contribution is 5.41. The third-order valence-corrected chi connectivity index (χ3v) is 3.81. The van der Waals surface area contributed by atoms with Gasteiger partial charge in [-0.15, -0.1) is 0 Å². The maximum Gasteiger partial charge on any atom is 0.142 e. The molecule has 1 saturated carbocycles. The summed E-state index contributed by atoms with van der Waals surface area (Å²) in [6, 6.07) is 7.50. The first kappa shape index (κ1) is 12.8. The number of anilines is 1. The summed E-state index contributed by atoms with van der Waals surface area (Å²) in [7, 11) is 1.97. The molecule has 2 rings (SSSR count). The lowest BCUT2D eigenvalue weighted by atomic mass is 9.87. The largest absolute Gasteiger partial charge is 0.396 e. The average Bonchev–Trinajstić information content (AvgIpc) is 2.88. The molecule has 4 heteroatoms. The van der Waals surface area contributed by atoms with Crippen LogP contribution < -0.4 is 4.90 Å². The third-order valence-electron chi connectivity index (χ3n) is 3.81. The highest BCUT2D eigenvalue weighted by Gasteiger charge is 2.34. The van der Waals surface area contributed by atoms with Gasteiger partial charge < -0.3 is 10.0 Å². The normalized spacial score (nSPS) is 17.4. The summed E-state index contributed by atoms with van der Waals surface area (Å²) in [5, 5.41) is 18.5. The quantitative estimate of drug-likeness (QED) is 0.880. The lowest BCUT2D eigenvalue weighted by Crippen LogP contribution is -2.36. The molecule has 0 saturated heterocycles. The van der Waals surface area contributed by atoms with Crippen LogP contribution in [-0.4, -0.2) is 30.3 Å². The van der Waals surface area contributed by atoms with Crippen molar-refractivity contribution in [1.29, 1.82) is 5.26 Å². The van der Waals surface area contributed by atoms with Crippen molar-refractivity contribution >= 4 is 5.82 Å². The fourth-order valence-corrected chi connectivity index (χ4v) is 2.77. The van der Waals surface area contributed by atoms with E-state index in [1.54, 1.807) is 6.07 Å². The Kier molecular flexibility index (Phi) is 3.83. The van der Waals surface area contributed by atoms with Crippen LogP contribution in [0.2, 0.25) is 0 Å². The first-order chi connectivity index (χ1) is 8.69. The summed E-state index contributed by atoms with van der Waals surface area (Å²) in [5.41, 5.74) is 0.447. The second-order valence-corrected chi connectivity index (χ2v) is 5.21. The molecule has 0 atom stereocenters. The molecule has 1 fully saturated rings. The molecule has 0 amide bonds. The number of hydrogen-bond acceptors (Lipinski definition) is 4. The molecule has 0 aliphatic heterocycles. The molecule has 1 aromatic rings. The third kappa shape index (κ3) is 2.62. The summed E-state index contributed by atoms with van der Waals surface area (Å²) in [5.74, 6) is 0.800. The summed E-state index contributed by atoms with van der Waals surface area (Å²) in [6.07, 6.45) is 4.54. The standard InChI is InChI=1S/C14H19N3O/c1-17(10-14(11-18)7-2-3-8-14)13-6-4-5-12(9-15)16-13/h4-6,18H,2-3,7-8,10-11H2,1H3. The van der Waals surface area contributed by atoms with Crippen LogP contribution in [0.1, 0.15) is 31.4 Å².